The summed E-state index contributed by atoms with van der Waals surface area (Å²) in [7, 11) is 0. The van der Waals surface area contributed by atoms with E-state index in [4.69, 9.17) is 4.74 Å². The predicted octanol–water partition coefficient (Wildman–Crippen LogP) is 1.80. The van der Waals surface area contributed by atoms with Crippen LogP contribution in [0.3, 0.4) is 0 Å². The van der Waals surface area contributed by atoms with Crippen molar-refractivity contribution in [3.63, 3.8) is 0 Å². The van der Waals surface area contributed by atoms with Crippen LogP contribution in [0.2, 0.25) is 0 Å². The predicted molar refractivity (Wildman–Crippen MR) is 83.8 cm³/mol. The Labute approximate surface area is 132 Å². The first-order chi connectivity index (χ1) is 10.6. The van der Waals surface area contributed by atoms with Crippen molar-refractivity contribution >= 4 is 33.6 Å². The third-order valence-corrected chi connectivity index (χ3v) is 4.30. The second kappa shape index (κ2) is 6.31. The molecule has 0 radical (unpaired) electrons. The van der Waals surface area contributed by atoms with Crippen LogP contribution in [0, 0.1) is 0 Å². The second-order valence-corrected chi connectivity index (χ2v) is 6.25. The van der Waals surface area contributed by atoms with Crippen molar-refractivity contribution in [1.29, 1.82) is 0 Å². The van der Waals surface area contributed by atoms with Crippen LogP contribution in [0.5, 0.6) is 0 Å². The molecule has 0 spiro atoms. The summed E-state index contributed by atoms with van der Waals surface area (Å²) in [6.45, 7) is 3.36. The zero-order valence-corrected chi connectivity index (χ0v) is 13.1. The van der Waals surface area contributed by atoms with Gasteiger partial charge in [0, 0.05) is 12.6 Å². The molecule has 7 heteroatoms. The largest absolute Gasteiger partial charge is 0.448 e. The summed E-state index contributed by atoms with van der Waals surface area (Å²) in [5.74, 6) is -0.0519. The van der Waals surface area contributed by atoms with Gasteiger partial charge in [0.15, 0.2) is 0 Å². The molecule has 1 aromatic carbocycles. The highest BCUT2D eigenvalue weighted by Crippen LogP contribution is 2.19. The van der Waals surface area contributed by atoms with E-state index in [9.17, 15) is 9.59 Å². The fourth-order valence-electron chi connectivity index (χ4n) is 2.49. The van der Waals surface area contributed by atoms with Crippen molar-refractivity contribution in [3.8, 4) is 0 Å². The van der Waals surface area contributed by atoms with Gasteiger partial charge in [0.1, 0.15) is 6.61 Å². The molecule has 1 unspecified atom stereocenters. The maximum Gasteiger partial charge on any atom is 0.410 e. The van der Waals surface area contributed by atoms with E-state index < -0.39 is 0 Å². The Morgan fingerprint density at radius 1 is 1.55 bits per heavy atom. The zero-order valence-electron chi connectivity index (χ0n) is 12.2. The van der Waals surface area contributed by atoms with Crippen LogP contribution in [-0.2, 0) is 16.0 Å². The van der Waals surface area contributed by atoms with E-state index in [0.29, 0.717) is 26.1 Å². The van der Waals surface area contributed by atoms with Gasteiger partial charge in [0.25, 0.3) is 0 Å². The number of hydrogen-bond donors (Lipinski definition) is 1. The maximum atomic E-state index is 12.1. The first-order valence-electron chi connectivity index (χ1n) is 7.15. The summed E-state index contributed by atoms with van der Waals surface area (Å²) in [6, 6.07) is 5.74. The molecular weight excluding hydrogens is 302 g/mol. The van der Waals surface area contributed by atoms with Crippen molar-refractivity contribution in [1.82, 2.24) is 15.2 Å². The standard InChI is InChI=1S/C15H17N3O3S/c1-10(8-18-4-5-21-15(18)20)17-14(19)7-11-2-3-12-13(6-11)22-9-16-12/h2-3,6,9-10H,4-5,7-8H2,1H3,(H,17,19). The number of cyclic esters (lactones) is 1. The van der Waals surface area contributed by atoms with Crippen LogP contribution >= 0.6 is 11.3 Å². The van der Waals surface area contributed by atoms with Crippen LogP contribution in [0.15, 0.2) is 23.7 Å². The van der Waals surface area contributed by atoms with Crippen LogP contribution < -0.4 is 5.32 Å². The van der Waals surface area contributed by atoms with E-state index in [2.05, 4.69) is 10.3 Å². The lowest BCUT2D eigenvalue weighted by Gasteiger charge is -2.19. The summed E-state index contributed by atoms with van der Waals surface area (Å²) in [5, 5.41) is 2.92. The van der Waals surface area contributed by atoms with E-state index in [1.54, 1.807) is 21.7 Å². The molecule has 0 saturated carbocycles. The smallest absolute Gasteiger partial charge is 0.410 e. The molecule has 2 aromatic rings. The molecule has 3 rings (SSSR count). The number of aromatic nitrogens is 1. The summed E-state index contributed by atoms with van der Waals surface area (Å²) in [5.41, 5.74) is 3.71. The van der Waals surface area contributed by atoms with Gasteiger partial charge >= 0.3 is 6.09 Å². The molecule has 1 aliphatic rings. The molecule has 1 fully saturated rings. The number of ether oxygens (including phenoxy) is 1. The molecule has 116 valence electrons. The quantitative estimate of drug-likeness (QED) is 0.912. The van der Waals surface area contributed by atoms with Crippen molar-refractivity contribution in [3.05, 3.63) is 29.3 Å². The molecule has 0 bridgehead atoms. The Morgan fingerprint density at radius 2 is 2.41 bits per heavy atom. The van der Waals surface area contributed by atoms with Gasteiger partial charge in [-0.05, 0) is 24.6 Å². The van der Waals surface area contributed by atoms with E-state index in [1.807, 2.05) is 25.1 Å². The number of nitrogens with zero attached hydrogens (tertiary/aromatic N) is 2. The topological polar surface area (TPSA) is 71.5 Å². The lowest BCUT2D eigenvalue weighted by molar-refractivity contribution is -0.121. The molecule has 2 heterocycles. The van der Waals surface area contributed by atoms with Crippen molar-refractivity contribution < 1.29 is 14.3 Å². The van der Waals surface area contributed by atoms with Crippen LogP contribution in [0.1, 0.15) is 12.5 Å². The summed E-state index contributed by atoms with van der Waals surface area (Å²) in [4.78, 5) is 29.3. The van der Waals surface area contributed by atoms with E-state index in [-0.39, 0.29) is 18.0 Å². The van der Waals surface area contributed by atoms with Crippen LogP contribution in [0.25, 0.3) is 10.2 Å². The Balaban J connectivity index is 1.53. The van der Waals surface area contributed by atoms with Gasteiger partial charge in [-0.2, -0.15) is 0 Å². The Morgan fingerprint density at radius 3 is 3.18 bits per heavy atom. The Bertz CT molecular complexity index is 700. The Kier molecular flexibility index (Phi) is 4.24. The average Bonchev–Trinajstić information content (AvgIpc) is 3.07. The molecule has 1 saturated heterocycles. The van der Waals surface area contributed by atoms with Crippen molar-refractivity contribution in [2.75, 3.05) is 19.7 Å². The van der Waals surface area contributed by atoms with Gasteiger partial charge in [0.2, 0.25) is 5.91 Å². The summed E-state index contributed by atoms with van der Waals surface area (Å²) in [6.07, 6.45) is 0.0135. The summed E-state index contributed by atoms with van der Waals surface area (Å²) < 4.78 is 5.95. The monoisotopic (exact) mass is 319 g/mol. The molecule has 2 amide bonds. The number of benzene rings is 1. The molecule has 22 heavy (non-hydrogen) atoms. The minimum Gasteiger partial charge on any atom is -0.448 e. The lowest BCUT2D eigenvalue weighted by Crippen LogP contribution is -2.42. The van der Waals surface area contributed by atoms with E-state index in [1.165, 1.54) is 0 Å². The highest BCUT2D eigenvalue weighted by Gasteiger charge is 2.23. The number of nitrogens with one attached hydrogen (secondary N) is 1. The summed E-state index contributed by atoms with van der Waals surface area (Å²) >= 11 is 1.56. The van der Waals surface area contributed by atoms with Gasteiger partial charge in [-0.1, -0.05) is 6.07 Å². The lowest BCUT2D eigenvalue weighted by atomic mass is 10.1. The van der Waals surface area contributed by atoms with Gasteiger partial charge in [0.05, 0.1) is 28.7 Å². The average molecular weight is 319 g/mol. The fraction of sp³-hybridized carbons (Fsp3) is 0.400. The first-order valence-corrected chi connectivity index (χ1v) is 8.03. The number of carbonyl (C=O) groups is 2. The van der Waals surface area contributed by atoms with E-state index >= 15 is 0 Å². The van der Waals surface area contributed by atoms with Gasteiger partial charge in [-0.15, -0.1) is 11.3 Å². The fourth-order valence-corrected chi connectivity index (χ4v) is 3.23. The van der Waals surface area contributed by atoms with Gasteiger partial charge in [-0.3, -0.25) is 4.79 Å². The third kappa shape index (κ3) is 3.36. The van der Waals surface area contributed by atoms with Crippen LogP contribution in [0.4, 0.5) is 4.79 Å². The number of amides is 2. The number of carbonyl (C=O) groups excluding carboxylic acids is 2. The first kappa shape index (κ1) is 14.8. The number of fused-ring (bicyclic) bond motifs is 1. The molecule has 1 aromatic heterocycles. The van der Waals surface area contributed by atoms with Crippen molar-refractivity contribution in [2.45, 2.75) is 19.4 Å². The minimum atomic E-state index is -0.309. The highest BCUT2D eigenvalue weighted by molar-refractivity contribution is 7.16. The van der Waals surface area contributed by atoms with Crippen LogP contribution in [-0.4, -0.2) is 47.6 Å². The van der Waals surface area contributed by atoms with Gasteiger partial charge < -0.3 is 15.0 Å². The normalized spacial score (nSPS) is 15.9. The molecule has 1 N–H and O–H groups in total. The van der Waals surface area contributed by atoms with Crippen molar-refractivity contribution in [2.24, 2.45) is 0 Å². The number of thiazole rings is 1. The molecule has 6 nitrogen and oxygen atoms in total. The SMILES string of the molecule is CC(CN1CCOC1=O)NC(=O)Cc1ccc2ncsc2c1. The molecular formula is C15H17N3O3S. The second-order valence-electron chi connectivity index (χ2n) is 5.36. The molecule has 1 aliphatic heterocycles. The number of hydrogen-bond acceptors (Lipinski definition) is 5. The zero-order chi connectivity index (χ0) is 15.5. The third-order valence-electron chi connectivity index (χ3n) is 3.51. The highest BCUT2D eigenvalue weighted by atomic mass is 32.1. The number of rotatable bonds is 5. The van der Waals surface area contributed by atoms with E-state index in [0.717, 1.165) is 15.8 Å². The maximum absolute atomic E-state index is 12.1. The minimum absolute atomic E-state index is 0.0519. The van der Waals surface area contributed by atoms with Gasteiger partial charge in [-0.25, -0.2) is 9.78 Å². The Hall–Kier alpha value is -2.15. The molecule has 1 atom stereocenters. The molecule has 0 aliphatic carbocycles.